The summed E-state index contributed by atoms with van der Waals surface area (Å²) in [6.07, 6.45) is 3.73. The maximum absolute atomic E-state index is 9.47. The van der Waals surface area contributed by atoms with E-state index in [1.807, 2.05) is 6.08 Å². The molecular formula is C8H8O4. The molecule has 4 heteroatoms. The van der Waals surface area contributed by atoms with Crippen molar-refractivity contribution in [3.63, 3.8) is 0 Å². The van der Waals surface area contributed by atoms with Crippen LogP contribution in [0, 0.1) is 0 Å². The number of hydrogen-bond donors (Lipinski definition) is 1. The minimum atomic E-state index is -0.589. The Labute approximate surface area is 69.0 Å². The van der Waals surface area contributed by atoms with E-state index < -0.39 is 12.4 Å². The molecule has 0 radical (unpaired) electrons. The first-order valence-corrected chi connectivity index (χ1v) is 3.87. The van der Waals surface area contributed by atoms with Gasteiger partial charge in [-0.05, 0) is 12.2 Å². The Balaban J connectivity index is 1.95. The highest BCUT2D eigenvalue weighted by molar-refractivity contribution is 5.26. The number of rotatable bonds is 0. The Morgan fingerprint density at radius 3 is 3.17 bits per heavy atom. The number of hydrogen-bond acceptors (Lipinski definition) is 4. The van der Waals surface area contributed by atoms with Gasteiger partial charge in [0.2, 0.25) is 6.29 Å². The van der Waals surface area contributed by atoms with Crippen molar-refractivity contribution in [1.82, 2.24) is 0 Å². The molecule has 0 saturated carbocycles. The molecule has 3 aliphatic rings. The highest BCUT2D eigenvalue weighted by Gasteiger charge is 2.47. The molecule has 1 fully saturated rings. The van der Waals surface area contributed by atoms with Gasteiger partial charge in [0.1, 0.15) is 12.2 Å². The van der Waals surface area contributed by atoms with Crippen LogP contribution in [0.2, 0.25) is 0 Å². The molecule has 4 unspecified atom stereocenters. The van der Waals surface area contributed by atoms with Crippen LogP contribution < -0.4 is 0 Å². The number of ether oxygens (including phenoxy) is 3. The normalized spacial score (nSPS) is 48.6. The van der Waals surface area contributed by atoms with Crippen molar-refractivity contribution in [3.05, 3.63) is 24.0 Å². The summed E-state index contributed by atoms with van der Waals surface area (Å²) in [5, 5.41) is 9.47. The van der Waals surface area contributed by atoms with E-state index in [9.17, 15) is 5.11 Å². The zero-order valence-corrected chi connectivity index (χ0v) is 6.21. The van der Waals surface area contributed by atoms with Crippen LogP contribution in [-0.4, -0.2) is 29.9 Å². The summed E-state index contributed by atoms with van der Waals surface area (Å²) < 4.78 is 15.5. The largest absolute Gasteiger partial charge is 0.469 e. The Morgan fingerprint density at radius 2 is 2.25 bits per heavy atom. The monoisotopic (exact) mass is 168 g/mol. The first kappa shape index (κ1) is 6.65. The highest BCUT2D eigenvalue weighted by atomic mass is 16.8. The second-order valence-corrected chi connectivity index (χ2v) is 3.01. The Morgan fingerprint density at radius 1 is 1.33 bits per heavy atom. The first-order chi connectivity index (χ1) is 5.84. The van der Waals surface area contributed by atoms with Crippen molar-refractivity contribution in [2.45, 2.75) is 24.8 Å². The lowest BCUT2D eigenvalue weighted by Gasteiger charge is -2.27. The van der Waals surface area contributed by atoms with Gasteiger partial charge in [0.15, 0.2) is 6.29 Å². The first-order valence-electron chi connectivity index (χ1n) is 3.87. The molecule has 4 atom stereocenters. The van der Waals surface area contributed by atoms with Gasteiger partial charge in [-0.3, -0.25) is 0 Å². The predicted molar refractivity (Wildman–Crippen MR) is 37.8 cm³/mol. The van der Waals surface area contributed by atoms with Crippen molar-refractivity contribution in [3.8, 4) is 0 Å². The maximum atomic E-state index is 9.47. The van der Waals surface area contributed by atoms with Gasteiger partial charge in [0, 0.05) is 5.57 Å². The fourth-order valence-corrected chi connectivity index (χ4v) is 1.46. The van der Waals surface area contributed by atoms with Crippen LogP contribution in [0.15, 0.2) is 24.0 Å². The number of aliphatic hydroxyl groups is 1. The second-order valence-electron chi connectivity index (χ2n) is 3.01. The summed E-state index contributed by atoms with van der Waals surface area (Å²) in [6, 6.07) is 0. The van der Waals surface area contributed by atoms with Gasteiger partial charge in [-0.1, -0.05) is 0 Å². The van der Waals surface area contributed by atoms with E-state index in [2.05, 4.69) is 0 Å². The topological polar surface area (TPSA) is 51.2 Å². The SMILES string of the molecule is OC1C=COC2OC3OC3C=C12. The molecule has 64 valence electrons. The second kappa shape index (κ2) is 2.10. The highest BCUT2D eigenvalue weighted by Crippen LogP contribution is 2.36. The van der Waals surface area contributed by atoms with Crippen molar-refractivity contribution < 1.29 is 19.3 Å². The summed E-state index contributed by atoms with van der Waals surface area (Å²) in [7, 11) is 0. The maximum Gasteiger partial charge on any atom is 0.227 e. The van der Waals surface area contributed by atoms with E-state index in [4.69, 9.17) is 14.2 Å². The standard InChI is InChI=1S/C8H8O4/c9-5-1-2-10-7-4(5)3-6-8(11-6)12-7/h1-3,5-9H. The van der Waals surface area contributed by atoms with Gasteiger partial charge in [-0.2, -0.15) is 0 Å². The third kappa shape index (κ3) is 0.827. The van der Waals surface area contributed by atoms with Crippen LogP contribution in [-0.2, 0) is 14.2 Å². The average Bonchev–Trinajstić information content (AvgIpc) is 2.79. The molecule has 3 rings (SSSR count). The van der Waals surface area contributed by atoms with E-state index in [-0.39, 0.29) is 12.4 Å². The molecule has 0 spiro atoms. The zero-order valence-electron chi connectivity index (χ0n) is 6.21. The lowest BCUT2D eigenvalue weighted by Crippen LogP contribution is -2.32. The van der Waals surface area contributed by atoms with Crippen LogP contribution in [0.25, 0.3) is 0 Å². The molecule has 0 bridgehead atoms. The molecule has 0 aromatic heterocycles. The summed E-state index contributed by atoms with van der Waals surface area (Å²) in [5.74, 6) is 0. The fraction of sp³-hybridized carbons (Fsp3) is 0.500. The predicted octanol–water partition coefficient (Wildman–Crippen LogP) is -0.101. The molecule has 3 heterocycles. The van der Waals surface area contributed by atoms with Crippen molar-refractivity contribution >= 4 is 0 Å². The average molecular weight is 168 g/mol. The third-order valence-electron chi connectivity index (χ3n) is 2.17. The zero-order chi connectivity index (χ0) is 8.13. The van der Waals surface area contributed by atoms with Crippen molar-refractivity contribution in [2.75, 3.05) is 0 Å². The van der Waals surface area contributed by atoms with E-state index in [1.54, 1.807) is 6.08 Å². The third-order valence-corrected chi connectivity index (χ3v) is 2.17. The minimum absolute atomic E-state index is 0.0287. The van der Waals surface area contributed by atoms with Gasteiger partial charge >= 0.3 is 0 Å². The Kier molecular flexibility index (Phi) is 1.16. The molecule has 0 amide bonds. The molecular weight excluding hydrogens is 160 g/mol. The summed E-state index contributed by atoms with van der Waals surface area (Å²) in [6.45, 7) is 0. The molecule has 0 aromatic rings. The van der Waals surface area contributed by atoms with E-state index in [1.165, 1.54) is 6.26 Å². The van der Waals surface area contributed by atoms with Gasteiger partial charge in [-0.15, -0.1) is 0 Å². The Hall–Kier alpha value is -0.840. The summed E-state index contributed by atoms with van der Waals surface area (Å²) in [4.78, 5) is 0. The number of fused-ring (bicyclic) bond motifs is 2. The lowest BCUT2D eigenvalue weighted by molar-refractivity contribution is -0.128. The molecule has 1 saturated heterocycles. The van der Waals surface area contributed by atoms with Crippen LogP contribution >= 0.6 is 0 Å². The molecule has 1 N–H and O–H groups in total. The van der Waals surface area contributed by atoms with Crippen LogP contribution in [0.3, 0.4) is 0 Å². The van der Waals surface area contributed by atoms with Crippen LogP contribution in [0.1, 0.15) is 0 Å². The molecule has 0 aromatic carbocycles. The van der Waals surface area contributed by atoms with Crippen molar-refractivity contribution in [1.29, 1.82) is 0 Å². The Bertz CT molecular complexity index is 270. The van der Waals surface area contributed by atoms with E-state index >= 15 is 0 Å². The molecule has 12 heavy (non-hydrogen) atoms. The lowest BCUT2D eigenvalue weighted by atomic mass is 10.1. The molecule has 0 aliphatic carbocycles. The fourth-order valence-electron chi connectivity index (χ4n) is 1.46. The summed E-state index contributed by atoms with van der Waals surface area (Å²) >= 11 is 0. The smallest absolute Gasteiger partial charge is 0.227 e. The van der Waals surface area contributed by atoms with Crippen LogP contribution in [0.4, 0.5) is 0 Å². The van der Waals surface area contributed by atoms with Gasteiger partial charge < -0.3 is 19.3 Å². The quantitative estimate of drug-likeness (QED) is 0.405. The molecule has 3 aliphatic heterocycles. The number of aliphatic hydroxyl groups excluding tert-OH is 1. The van der Waals surface area contributed by atoms with E-state index in [0.29, 0.717) is 0 Å². The number of epoxide rings is 1. The van der Waals surface area contributed by atoms with Gasteiger partial charge in [0.05, 0.1) is 6.26 Å². The van der Waals surface area contributed by atoms with Crippen LogP contribution in [0.5, 0.6) is 0 Å². The van der Waals surface area contributed by atoms with Crippen molar-refractivity contribution in [2.24, 2.45) is 0 Å². The summed E-state index contributed by atoms with van der Waals surface area (Å²) in [5.41, 5.74) is 0.747. The van der Waals surface area contributed by atoms with Gasteiger partial charge in [0.25, 0.3) is 0 Å². The molecule has 4 nitrogen and oxygen atoms in total. The van der Waals surface area contributed by atoms with Gasteiger partial charge in [-0.25, -0.2) is 0 Å². The van der Waals surface area contributed by atoms with E-state index in [0.717, 1.165) is 5.57 Å². The minimum Gasteiger partial charge on any atom is -0.469 e.